The van der Waals surface area contributed by atoms with Crippen LogP contribution in [0.25, 0.3) is 0 Å². The lowest BCUT2D eigenvalue weighted by molar-refractivity contribution is 0.488. The van der Waals surface area contributed by atoms with Crippen molar-refractivity contribution < 1.29 is 8.42 Å². The molecule has 0 saturated heterocycles. The van der Waals surface area contributed by atoms with Gasteiger partial charge in [-0.05, 0) is 0 Å². The minimum Gasteiger partial charge on any atom is -0.195 e. The molecule has 0 bridgehead atoms. The lowest BCUT2D eigenvalue weighted by Crippen LogP contribution is -2.27. The molecule has 0 aromatic rings. The molecule has 11 heavy (non-hydrogen) atoms. The van der Waals surface area contributed by atoms with Crippen molar-refractivity contribution in [2.45, 2.75) is 0 Å². The van der Waals surface area contributed by atoms with E-state index in [9.17, 15) is 8.42 Å². The second-order valence-corrected chi connectivity index (χ2v) is 4.35. The minimum atomic E-state index is -3.63. The molecule has 0 aromatic carbocycles. The van der Waals surface area contributed by atoms with Crippen molar-refractivity contribution in [1.29, 1.82) is 0 Å². The van der Waals surface area contributed by atoms with E-state index in [1.807, 2.05) is 0 Å². The highest BCUT2D eigenvalue weighted by Crippen LogP contribution is 2.05. The summed E-state index contributed by atoms with van der Waals surface area (Å²) >= 11 is 0. The van der Waals surface area contributed by atoms with Crippen LogP contribution in [0.2, 0.25) is 0 Å². The van der Waals surface area contributed by atoms with E-state index in [4.69, 9.17) is 10.7 Å². The number of hydrogen-bond donors (Lipinski definition) is 0. The Balaban J connectivity index is 4.33. The standard InChI is InChI=1S/C6H10ClNO2S/c1-3-5-8(6-4-2)11(7,9)10/h3-4H,1-2,5-6H2. The maximum absolute atomic E-state index is 10.7. The van der Waals surface area contributed by atoms with Gasteiger partial charge in [-0.15, -0.1) is 13.2 Å². The van der Waals surface area contributed by atoms with Crippen LogP contribution in [0, 0.1) is 0 Å². The Morgan fingerprint density at radius 3 is 1.82 bits per heavy atom. The first-order valence-electron chi connectivity index (χ1n) is 2.94. The third-order valence-corrected chi connectivity index (χ3v) is 2.47. The summed E-state index contributed by atoms with van der Waals surface area (Å²) in [5.74, 6) is 0. The van der Waals surface area contributed by atoms with Crippen molar-refractivity contribution in [1.82, 2.24) is 4.31 Å². The molecule has 0 aromatic heterocycles. The maximum atomic E-state index is 10.7. The van der Waals surface area contributed by atoms with Gasteiger partial charge in [0, 0.05) is 23.8 Å². The lowest BCUT2D eigenvalue weighted by atomic mass is 10.5. The zero-order valence-electron chi connectivity index (χ0n) is 6.03. The van der Waals surface area contributed by atoms with E-state index in [1.54, 1.807) is 0 Å². The van der Waals surface area contributed by atoms with Crippen LogP contribution in [-0.4, -0.2) is 25.8 Å². The van der Waals surface area contributed by atoms with Crippen molar-refractivity contribution >= 4 is 19.9 Å². The fourth-order valence-electron chi connectivity index (χ4n) is 0.541. The quantitative estimate of drug-likeness (QED) is 0.488. The molecule has 0 unspecified atom stereocenters. The monoisotopic (exact) mass is 195 g/mol. The SMILES string of the molecule is C=CCN(CC=C)S(=O)(=O)Cl. The molecule has 0 aliphatic carbocycles. The average molecular weight is 196 g/mol. The molecule has 0 fully saturated rings. The lowest BCUT2D eigenvalue weighted by Gasteiger charge is -2.12. The van der Waals surface area contributed by atoms with Gasteiger partial charge in [0.15, 0.2) is 0 Å². The molecule has 0 saturated carbocycles. The summed E-state index contributed by atoms with van der Waals surface area (Å²) in [5, 5.41) is 0. The Bertz CT molecular complexity index is 225. The number of rotatable bonds is 5. The molecule has 0 rings (SSSR count). The number of nitrogens with zero attached hydrogens (tertiary/aromatic N) is 1. The van der Waals surface area contributed by atoms with Gasteiger partial charge in [-0.3, -0.25) is 0 Å². The van der Waals surface area contributed by atoms with Gasteiger partial charge in [-0.1, -0.05) is 12.2 Å². The van der Waals surface area contributed by atoms with Crippen LogP contribution in [0.3, 0.4) is 0 Å². The molecular weight excluding hydrogens is 186 g/mol. The Labute approximate surface area is 71.5 Å². The van der Waals surface area contributed by atoms with Crippen molar-refractivity contribution in [3.63, 3.8) is 0 Å². The Morgan fingerprint density at radius 1 is 1.27 bits per heavy atom. The van der Waals surface area contributed by atoms with Crippen LogP contribution in [0.15, 0.2) is 25.3 Å². The largest absolute Gasteiger partial charge is 0.300 e. The van der Waals surface area contributed by atoms with Gasteiger partial charge in [-0.25, -0.2) is 0 Å². The van der Waals surface area contributed by atoms with E-state index in [2.05, 4.69) is 13.2 Å². The van der Waals surface area contributed by atoms with Crippen LogP contribution in [0.4, 0.5) is 0 Å². The molecule has 0 heterocycles. The average Bonchev–Trinajstić information content (AvgIpc) is 1.85. The first-order chi connectivity index (χ1) is 5.02. The van der Waals surface area contributed by atoms with Gasteiger partial charge in [0.1, 0.15) is 0 Å². The van der Waals surface area contributed by atoms with Crippen LogP contribution >= 0.6 is 10.7 Å². The summed E-state index contributed by atoms with van der Waals surface area (Å²) in [6.07, 6.45) is 2.92. The fraction of sp³-hybridized carbons (Fsp3) is 0.333. The van der Waals surface area contributed by atoms with Crippen molar-refractivity contribution in [3.05, 3.63) is 25.3 Å². The molecule has 0 atom stereocenters. The molecule has 5 heteroatoms. The first-order valence-corrected chi connectivity index (χ1v) is 5.20. The van der Waals surface area contributed by atoms with Gasteiger partial charge in [0.2, 0.25) is 0 Å². The summed E-state index contributed by atoms with van der Waals surface area (Å²) in [7, 11) is 1.43. The van der Waals surface area contributed by atoms with Gasteiger partial charge >= 0.3 is 0 Å². The first kappa shape index (κ1) is 10.7. The molecule has 3 nitrogen and oxygen atoms in total. The topological polar surface area (TPSA) is 37.4 Å². The third kappa shape index (κ3) is 4.19. The third-order valence-electron chi connectivity index (χ3n) is 0.974. The summed E-state index contributed by atoms with van der Waals surface area (Å²) < 4.78 is 22.5. The molecule has 0 spiro atoms. The number of halogens is 1. The molecule has 0 amide bonds. The highest BCUT2D eigenvalue weighted by atomic mass is 35.7. The van der Waals surface area contributed by atoms with E-state index >= 15 is 0 Å². The summed E-state index contributed by atoms with van der Waals surface area (Å²) in [6.45, 7) is 7.21. The Kier molecular flexibility index (Phi) is 4.40. The molecule has 64 valence electrons. The molecular formula is C6H10ClNO2S. The Hall–Kier alpha value is -0.320. The Morgan fingerprint density at radius 2 is 1.64 bits per heavy atom. The second-order valence-electron chi connectivity index (χ2n) is 1.84. The van der Waals surface area contributed by atoms with E-state index in [0.29, 0.717) is 0 Å². The van der Waals surface area contributed by atoms with Gasteiger partial charge in [0.25, 0.3) is 9.24 Å². The van der Waals surface area contributed by atoms with E-state index in [-0.39, 0.29) is 13.1 Å². The molecule has 0 N–H and O–H groups in total. The minimum absolute atomic E-state index is 0.206. The smallest absolute Gasteiger partial charge is 0.195 e. The van der Waals surface area contributed by atoms with Crippen LogP contribution in [0.5, 0.6) is 0 Å². The zero-order chi connectivity index (χ0) is 8.91. The molecule has 0 radical (unpaired) electrons. The number of hydrogen-bond acceptors (Lipinski definition) is 2. The summed E-state index contributed by atoms with van der Waals surface area (Å²) in [5.41, 5.74) is 0. The van der Waals surface area contributed by atoms with Crippen molar-refractivity contribution in [2.24, 2.45) is 0 Å². The van der Waals surface area contributed by atoms with E-state index in [0.717, 1.165) is 4.31 Å². The predicted octanol–water partition coefficient (Wildman–Crippen LogP) is 1.14. The van der Waals surface area contributed by atoms with Gasteiger partial charge < -0.3 is 0 Å². The second kappa shape index (κ2) is 4.54. The van der Waals surface area contributed by atoms with Crippen LogP contribution in [0.1, 0.15) is 0 Å². The maximum Gasteiger partial charge on any atom is 0.300 e. The molecule has 0 aliphatic heterocycles. The summed E-state index contributed by atoms with van der Waals surface area (Å²) in [4.78, 5) is 0. The summed E-state index contributed by atoms with van der Waals surface area (Å²) in [6, 6.07) is 0. The van der Waals surface area contributed by atoms with Crippen molar-refractivity contribution in [2.75, 3.05) is 13.1 Å². The predicted molar refractivity (Wildman–Crippen MR) is 46.7 cm³/mol. The normalized spacial score (nSPS) is 11.5. The van der Waals surface area contributed by atoms with Gasteiger partial charge in [0.05, 0.1) is 0 Å². The van der Waals surface area contributed by atoms with Crippen molar-refractivity contribution in [3.8, 4) is 0 Å². The van der Waals surface area contributed by atoms with Crippen LogP contribution in [-0.2, 0) is 9.24 Å². The highest BCUT2D eigenvalue weighted by molar-refractivity contribution is 8.11. The van der Waals surface area contributed by atoms with E-state index in [1.165, 1.54) is 12.2 Å². The van der Waals surface area contributed by atoms with Crippen LogP contribution < -0.4 is 0 Å². The van der Waals surface area contributed by atoms with Gasteiger partial charge in [-0.2, -0.15) is 12.7 Å². The molecule has 0 aliphatic rings. The zero-order valence-corrected chi connectivity index (χ0v) is 7.61. The van der Waals surface area contributed by atoms with E-state index < -0.39 is 9.24 Å². The fourth-order valence-corrected chi connectivity index (χ4v) is 1.45. The highest BCUT2D eigenvalue weighted by Gasteiger charge is 2.14.